The fraction of sp³-hybridized carbons (Fsp3) is 0.222. The summed E-state index contributed by atoms with van der Waals surface area (Å²) in [6.07, 6.45) is 0. The fourth-order valence-corrected chi connectivity index (χ4v) is 2.25. The van der Waals surface area contributed by atoms with Gasteiger partial charge in [0.2, 0.25) is 0 Å². The number of benzene rings is 1. The van der Waals surface area contributed by atoms with Gasteiger partial charge in [-0.3, -0.25) is 0 Å². The average Bonchev–Trinajstić information content (AvgIpc) is 2.81. The number of carbonyl (C=O) groups excluding carboxylic acids is 2. The molecule has 0 radical (unpaired) electrons. The Labute approximate surface area is 181 Å². The lowest BCUT2D eigenvalue weighted by molar-refractivity contribution is -0.136. The van der Waals surface area contributed by atoms with Crippen molar-refractivity contribution in [2.75, 3.05) is 14.2 Å². The smallest absolute Gasteiger partial charge is 0.350 e. The van der Waals surface area contributed by atoms with Crippen LogP contribution in [0.3, 0.4) is 0 Å². The highest BCUT2D eigenvalue weighted by molar-refractivity contribution is 5.93. The number of rotatable bonds is 10. The number of nitriles is 2. The molecule has 1 rings (SSSR count). The third-order valence-electron chi connectivity index (χ3n) is 3.68. The van der Waals surface area contributed by atoms with Gasteiger partial charge in [-0.05, 0) is 32.4 Å². The predicted molar refractivity (Wildman–Crippen MR) is 108 cm³/mol. The second-order valence-corrected chi connectivity index (χ2v) is 5.56. The maximum Gasteiger partial charge on any atom is 0.350 e. The molecule has 2 N–H and O–H groups in total. The van der Waals surface area contributed by atoms with E-state index in [-0.39, 0.29) is 24.7 Å². The molecule has 0 saturated heterocycles. The van der Waals surface area contributed by atoms with Gasteiger partial charge < -0.3 is 20.1 Å². The van der Waals surface area contributed by atoms with Crippen LogP contribution in [0.1, 0.15) is 11.1 Å². The molecule has 0 fully saturated rings. The molecule has 14 heteroatoms. The van der Waals surface area contributed by atoms with Crippen LogP contribution in [0.4, 0.5) is 0 Å². The van der Waals surface area contributed by atoms with Gasteiger partial charge in [-0.25, -0.2) is 9.59 Å². The Kier molecular flexibility index (Phi) is 10.2. The van der Waals surface area contributed by atoms with E-state index in [1.54, 1.807) is 36.4 Å². The summed E-state index contributed by atoms with van der Waals surface area (Å²) in [7, 11) is 2.17. The first-order valence-corrected chi connectivity index (χ1v) is 8.56. The molecule has 1 aromatic rings. The highest BCUT2D eigenvalue weighted by Crippen LogP contribution is 2.11. The van der Waals surface area contributed by atoms with Gasteiger partial charge in [0.1, 0.15) is 23.8 Å². The lowest BCUT2D eigenvalue weighted by Crippen LogP contribution is -2.18. The van der Waals surface area contributed by atoms with Gasteiger partial charge in [0.15, 0.2) is 11.1 Å². The van der Waals surface area contributed by atoms with Gasteiger partial charge in [0.05, 0.1) is 14.2 Å². The SMILES string of the molecule is COC(=O)/C(C#N)=C(/N=[N+]=[N-])NCc1cccc(CN/C(N=[N+]=[N-])=C(/C#N)C(=O)OC)c1. The third-order valence-corrected chi connectivity index (χ3v) is 3.68. The van der Waals surface area contributed by atoms with E-state index in [9.17, 15) is 9.59 Å². The van der Waals surface area contributed by atoms with Crippen molar-refractivity contribution in [1.82, 2.24) is 10.6 Å². The molecule has 0 heterocycles. The van der Waals surface area contributed by atoms with Crippen LogP contribution in [0, 0.1) is 22.7 Å². The van der Waals surface area contributed by atoms with Crippen molar-refractivity contribution >= 4 is 11.9 Å². The number of hydrogen-bond acceptors (Lipinski definition) is 10. The van der Waals surface area contributed by atoms with Crippen molar-refractivity contribution in [3.05, 3.63) is 79.1 Å². The maximum atomic E-state index is 11.6. The molecule has 32 heavy (non-hydrogen) atoms. The average molecular weight is 436 g/mol. The molecule has 0 spiro atoms. The third kappa shape index (κ3) is 7.02. The highest BCUT2D eigenvalue weighted by Gasteiger charge is 2.16. The summed E-state index contributed by atoms with van der Waals surface area (Å²) in [5.74, 6) is -2.51. The molecular weight excluding hydrogens is 420 g/mol. The Hall–Kier alpha value is -5.16. The van der Waals surface area contributed by atoms with E-state index in [2.05, 4.69) is 40.2 Å². The minimum Gasteiger partial charge on any atom is -0.465 e. The minimum absolute atomic E-state index is 0.0784. The zero-order chi connectivity index (χ0) is 23.9. The molecule has 0 bridgehead atoms. The van der Waals surface area contributed by atoms with Crippen LogP contribution in [-0.4, -0.2) is 26.2 Å². The summed E-state index contributed by atoms with van der Waals surface area (Å²) < 4.78 is 8.97. The molecule has 14 nitrogen and oxygen atoms in total. The Bertz CT molecular complexity index is 1040. The van der Waals surface area contributed by atoms with Crippen molar-refractivity contribution in [3.8, 4) is 12.1 Å². The second-order valence-electron chi connectivity index (χ2n) is 5.56. The Morgan fingerprint density at radius 3 is 1.66 bits per heavy atom. The first-order valence-electron chi connectivity index (χ1n) is 8.56. The quantitative estimate of drug-likeness (QED) is 0.138. The highest BCUT2D eigenvalue weighted by atomic mass is 16.5. The zero-order valence-corrected chi connectivity index (χ0v) is 16.9. The van der Waals surface area contributed by atoms with Gasteiger partial charge in [-0.15, -0.1) is 0 Å². The van der Waals surface area contributed by atoms with Crippen molar-refractivity contribution in [1.29, 1.82) is 10.5 Å². The lowest BCUT2D eigenvalue weighted by atomic mass is 10.1. The molecule has 0 aliphatic heterocycles. The molecule has 0 aliphatic carbocycles. The summed E-state index contributed by atoms with van der Waals surface area (Å²) in [5, 5.41) is 30.3. The van der Waals surface area contributed by atoms with Gasteiger partial charge in [-0.1, -0.05) is 24.3 Å². The van der Waals surface area contributed by atoms with E-state index >= 15 is 0 Å². The summed E-state index contributed by atoms with van der Waals surface area (Å²) in [5.41, 5.74) is 17.7. The van der Waals surface area contributed by atoms with Gasteiger partial charge in [0, 0.05) is 22.9 Å². The number of carbonyl (C=O) groups is 2. The van der Waals surface area contributed by atoms with Crippen molar-refractivity contribution < 1.29 is 19.1 Å². The topological polar surface area (TPSA) is 222 Å². The van der Waals surface area contributed by atoms with E-state index in [0.717, 1.165) is 14.2 Å². The zero-order valence-electron chi connectivity index (χ0n) is 16.9. The van der Waals surface area contributed by atoms with E-state index in [1.807, 2.05) is 0 Å². The van der Waals surface area contributed by atoms with Crippen LogP contribution in [0.5, 0.6) is 0 Å². The molecular formula is C18H16N10O4. The largest absolute Gasteiger partial charge is 0.465 e. The van der Waals surface area contributed by atoms with Gasteiger partial charge >= 0.3 is 11.9 Å². The molecule has 162 valence electrons. The number of nitrogens with zero attached hydrogens (tertiary/aromatic N) is 8. The van der Waals surface area contributed by atoms with Crippen LogP contribution in [0.15, 0.2) is 57.3 Å². The molecule has 0 aromatic heterocycles. The number of ether oxygens (including phenoxy) is 2. The molecule has 0 saturated carbocycles. The molecule has 0 aliphatic rings. The normalized spacial score (nSPS) is 11.0. The second kappa shape index (κ2) is 13.1. The first kappa shape index (κ1) is 24.9. The molecule has 0 atom stereocenters. The number of esters is 2. The Morgan fingerprint density at radius 1 is 0.938 bits per heavy atom. The van der Waals surface area contributed by atoms with Crippen LogP contribution in [-0.2, 0) is 32.2 Å². The van der Waals surface area contributed by atoms with E-state index in [4.69, 9.17) is 21.6 Å². The summed E-state index contributed by atoms with van der Waals surface area (Å²) in [6.45, 7) is 0.157. The maximum absolute atomic E-state index is 11.6. The molecule has 1 aromatic carbocycles. The van der Waals surface area contributed by atoms with Crippen LogP contribution >= 0.6 is 0 Å². The number of nitrogens with one attached hydrogen (secondary N) is 2. The standard InChI is InChI=1S/C18H16N10O4/c1-31-17(29)13(7-19)15(25-27-21)23-9-11-4-3-5-12(6-11)10-24-16(26-28-22)14(8-20)18(30)32-2/h3-6,23-24H,9-10H2,1-2H3/b15-13+,16-14+. The number of azide groups is 2. The number of methoxy groups -OCH3 is 2. The minimum atomic E-state index is -0.961. The van der Waals surface area contributed by atoms with Gasteiger partial charge in [-0.2, -0.15) is 10.5 Å². The Balaban J connectivity index is 3.08. The van der Waals surface area contributed by atoms with Crippen molar-refractivity contribution in [2.24, 2.45) is 10.2 Å². The summed E-state index contributed by atoms with van der Waals surface area (Å²) in [4.78, 5) is 28.5. The summed E-state index contributed by atoms with van der Waals surface area (Å²) >= 11 is 0. The molecule has 0 unspecified atom stereocenters. The monoisotopic (exact) mass is 436 g/mol. The van der Waals surface area contributed by atoms with Crippen LogP contribution in [0.2, 0.25) is 0 Å². The fourth-order valence-electron chi connectivity index (χ4n) is 2.25. The van der Waals surface area contributed by atoms with E-state index in [1.165, 1.54) is 0 Å². The van der Waals surface area contributed by atoms with E-state index < -0.39 is 23.1 Å². The molecule has 0 amide bonds. The van der Waals surface area contributed by atoms with Crippen molar-refractivity contribution in [3.63, 3.8) is 0 Å². The number of hydrogen-bond donors (Lipinski definition) is 2. The van der Waals surface area contributed by atoms with Crippen LogP contribution < -0.4 is 10.6 Å². The predicted octanol–water partition coefficient (Wildman–Crippen LogP) is 2.30. The lowest BCUT2D eigenvalue weighted by Gasteiger charge is -2.11. The van der Waals surface area contributed by atoms with Gasteiger partial charge in [0.25, 0.3) is 0 Å². The van der Waals surface area contributed by atoms with Crippen LogP contribution in [0.25, 0.3) is 20.9 Å². The van der Waals surface area contributed by atoms with E-state index in [0.29, 0.717) is 11.1 Å². The summed E-state index contributed by atoms with van der Waals surface area (Å²) in [6, 6.07) is 10.1. The van der Waals surface area contributed by atoms with Crippen molar-refractivity contribution in [2.45, 2.75) is 13.1 Å². The first-order chi connectivity index (χ1) is 15.4. The Morgan fingerprint density at radius 2 is 1.34 bits per heavy atom.